The van der Waals surface area contributed by atoms with Crippen LogP contribution in [0.3, 0.4) is 0 Å². The summed E-state index contributed by atoms with van der Waals surface area (Å²) in [5.41, 5.74) is 1.86. The van der Waals surface area contributed by atoms with E-state index in [1.807, 2.05) is 25.1 Å². The Kier molecular flexibility index (Phi) is 9.46. The minimum Gasteiger partial charge on any atom is -0.483 e. The SMILES string of the molecule is CCc1ccc(OCC(=O)N(Cc2ccc(Cl)cc2Cl)C(CC)C(=O)NC)c(Br)c1. The Morgan fingerprint density at radius 3 is 2.47 bits per heavy atom. The third kappa shape index (κ3) is 6.37. The first-order valence-corrected chi connectivity index (χ1v) is 11.2. The lowest BCUT2D eigenvalue weighted by molar-refractivity contribution is -0.142. The van der Waals surface area contributed by atoms with Crippen LogP contribution in [0.1, 0.15) is 31.4 Å². The predicted octanol–water partition coefficient (Wildman–Crippen LogP) is 5.25. The van der Waals surface area contributed by atoms with Gasteiger partial charge in [0, 0.05) is 23.6 Å². The number of carbonyl (C=O) groups is 2. The zero-order valence-electron chi connectivity index (χ0n) is 17.2. The van der Waals surface area contributed by atoms with Crippen molar-refractivity contribution in [3.8, 4) is 5.75 Å². The first-order chi connectivity index (χ1) is 14.3. The van der Waals surface area contributed by atoms with E-state index in [1.165, 1.54) is 4.90 Å². The summed E-state index contributed by atoms with van der Waals surface area (Å²) >= 11 is 15.8. The average molecular weight is 516 g/mol. The molecule has 0 radical (unpaired) electrons. The zero-order valence-corrected chi connectivity index (χ0v) is 20.3. The molecule has 0 bridgehead atoms. The lowest BCUT2D eigenvalue weighted by Gasteiger charge is -2.30. The van der Waals surface area contributed by atoms with E-state index in [0.717, 1.165) is 16.5 Å². The Morgan fingerprint density at radius 1 is 1.17 bits per heavy atom. The highest BCUT2D eigenvalue weighted by molar-refractivity contribution is 9.10. The second-order valence-electron chi connectivity index (χ2n) is 6.70. The topological polar surface area (TPSA) is 58.6 Å². The summed E-state index contributed by atoms with van der Waals surface area (Å²) in [6.07, 6.45) is 1.35. The largest absolute Gasteiger partial charge is 0.483 e. The Morgan fingerprint density at radius 2 is 1.90 bits per heavy atom. The molecule has 0 saturated heterocycles. The number of hydrogen-bond acceptors (Lipinski definition) is 3. The van der Waals surface area contributed by atoms with Crippen LogP contribution in [0.15, 0.2) is 40.9 Å². The highest BCUT2D eigenvalue weighted by Gasteiger charge is 2.29. The van der Waals surface area contributed by atoms with Crippen LogP contribution < -0.4 is 10.1 Å². The number of hydrogen-bond donors (Lipinski definition) is 1. The number of halogens is 3. The number of amides is 2. The highest BCUT2D eigenvalue weighted by atomic mass is 79.9. The van der Waals surface area contributed by atoms with Gasteiger partial charge in [0.1, 0.15) is 11.8 Å². The van der Waals surface area contributed by atoms with E-state index >= 15 is 0 Å². The van der Waals surface area contributed by atoms with Crippen LogP contribution in [0.2, 0.25) is 10.0 Å². The molecule has 2 aromatic carbocycles. The number of nitrogens with zero attached hydrogens (tertiary/aromatic N) is 1. The van der Waals surface area contributed by atoms with Crippen molar-refractivity contribution in [1.29, 1.82) is 0 Å². The molecule has 5 nitrogen and oxygen atoms in total. The molecule has 1 unspecified atom stereocenters. The zero-order chi connectivity index (χ0) is 22.3. The van der Waals surface area contributed by atoms with Crippen molar-refractivity contribution in [3.05, 3.63) is 62.0 Å². The fraction of sp³-hybridized carbons (Fsp3) is 0.364. The van der Waals surface area contributed by atoms with Crippen molar-refractivity contribution in [3.63, 3.8) is 0 Å². The molecule has 0 heterocycles. The van der Waals surface area contributed by atoms with Gasteiger partial charge in [-0.1, -0.05) is 49.2 Å². The van der Waals surface area contributed by atoms with Crippen molar-refractivity contribution in [2.45, 2.75) is 39.3 Å². The Balaban J connectivity index is 2.24. The van der Waals surface area contributed by atoms with Crippen LogP contribution >= 0.6 is 39.1 Å². The average Bonchev–Trinajstić information content (AvgIpc) is 2.73. The van der Waals surface area contributed by atoms with Gasteiger partial charge < -0.3 is 15.0 Å². The number of rotatable bonds is 9. The van der Waals surface area contributed by atoms with Gasteiger partial charge >= 0.3 is 0 Å². The first kappa shape index (κ1) is 24.5. The molecule has 0 aromatic heterocycles. The standard InChI is InChI=1S/C22H25BrCl2N2O3/c1-4-14-6-9-20(17(23)10-14)30-13-21(28)27(19(5-2)22(29)26-3)12-15-7-8-16(24)11-18(15)25/h6-11,19H,4-5,12-13H2,1-3H3,(H,26,29). The van der Waals surface area contributed by atoms with Gasteiger partial charge in [0.2, 0.25) is 5.91 Å². The summed E-state index contributed by atoms with van der Waals surface area (Å²) in [6.45, 7) is 3.88. The molecule has 1 atom stereocenters. The quantitative estimate of drug-likeness (QED) is 0.496. The van der Waals surface area contributed by atoms with Gasteiger partial charge in [-0.05, 0) is 64.2 Å². The monoisotopic (exact) mass is 514 g/mol. The van der Waals surface area contributed by atoms with E-state index in [0.29, 0.717) is 27.8 Å². The fourth-order valence-electron chi connectivity index (χ4n) is 3.02. The van der Waals surface area contributed by atoms with E-state index in [-0.39, 0.29) is 25.0 Å². The Hall–Kier alpha value is -1.76. The molecular formula is C22H25BrCl2N2O3. The van der Waals surface area contributed by atoms with Crippen LogP contribution in [-0.4, -0.2) is 36.4 Å². The van der Waals surface area contributed by atoms with Gasteiger partial charge in [-0.2, -0.15) is 0 Å². The first-order valence-electron chi connectivity index (χ1n) is 9.66. The molecule has 0 aliphatic rings. The molecule has 0 spiro atoms. The molecule has 30 heavy (non-hydrogen) atoms. The van der Waals surface area contributed by atoms with Crippen molar-refractivity contribution < 1.29 is 14.3 Å². The molecule has 1 N–H and O–H groups in total. The third-order valence-corrected chi connectivity index (χ3v) is 5.95. The predicted molar refractivity (Wildman–Crippen MR) is 124 cm³/mol. The van der Waals surface area contributed by atoms with E-state index < -0.39 is 6.04 Å². The van der Waals surface area contributed by atoms with E-state index in [2.05, 4.69) is 28.2 Å². The van der Waals surface area contributed by atoms with Crippen molar-refractivity contribution in [1.82, 2.24) is 10.2 Å². The lowest BCUT2D eigenvalue weighted by atomic mass is 10.1. The third-order valence-electron chi connectivity index (χ3n) is 4.74. The maximum Gasteiger partial charge on any atom is 0.261 e. The van der Waals surface area contributed by atoms with E-state index in [9.17, 15) is 9.59 Å². The molecule has 2 rings (SSSR count). The van der Waals surface area contributed by atoms with E-state index in [4.69, 9.17) is 27.9 Å². The molecule has 0 aliphatic heterocycles. The minimum atomic E-state index is -0.649. The van der Waals surface area contributed by atoms with Crippen molar-refractivity contribution in [2.75, 3.05) is 13.7 Å². The molecule has 0 fully saturated rings. The summed E-state index contributed by atoms with van der Waals surface area (Å²) in [5, 5.41) is 3.56. The van der Waals surface area contributed by atoms with Crippen LogP contribution in [0.5, 0.6) is 5.75 Å². The van der Waals surface area contributed by atoms with Crippen LogP contribution in [0.4, 0.5) is 0 Å². The molecule has 162 valence electrons. The van der Waals surface area contributed by atoms with Gasteiger partial charge in [0.05, 0.1) is 4.47 Å². The molecular weight excluding hydrogens is 491 g/mol. The minimum absolute atomic E-state index is 0.167. The van der Waals surface area contributed by atoms with Gasteiger partial charge in [0.25, 0.3) is 5.91 Å². The van der Waals surface area contributed by atoms with Crippen molar-refractivity contribution in [2.24, 2.45) is 0 Å². The van der Waals surface area contributed by atoms with Crippen LogP contribution in [-0.2, 0) is 22.6 Å². The number of benzene rings is 2. The molecule has 8 heteroatoms. The number of nitrogens with one attached hydrogen (secondary N) is 1. The van der Waals surface area contributed by atoms with Crippen LogP contribution in [0.25, 0.3) is 0 Å². The number of aryl methyl sites for hydroxylation is 1. The number of ether oxygens (including phenoxy) is 1. The summed E-state index contributed by atoms with van der Waals surface area (Å²) in [5.74, 6) is 0.00497. The fourth-order valence-corrected chi connectivity index (χ4v) is 4.03. The summed E-state index contributed by atoms with van der Waals surface area (Å²) in [4.78, 5) is 27.0. The number of likely N-dealkylation sites (N-methyl/N-ethyl adjacent to an activating group) is 1. The Bertz CT molecular complexity index is 908. The van der Waals surface area contributed by atoms with Crippen molar-refractivity contribution >= 4 is 50.9 Å². The number of carbonyl (C=O) groups excluding carboxylic acids is 2. The van der Waals surface area contributed by atoms with Gasteiger partial charge in [-0.15, -0.1) is 0 Å². The summed E-state index contributed by atoms with van der Waals surface area (Å²) in [7, 11) is 1.55. The maximum atomic E-state index is 13.1. The van der Waals surface area contributed by atoms with Gasteiger partial charge in [-0.3, -0.25) is 9.59 Å². The highest BCUT2D eigenvalue weighted by Crippen LogP contribution is 2.27. The van der Waals surface area contributed by atoms with E-state index in [1.54, 1.807) is 25.2 Å². The van der Waals surface area contributed by atoms with Gasteiger partial charge in [0.15, 0.2) is 6.61 Å². The second-order valence-corrected chi connectivity index (χ2v) is 8.40. The maximum absolute atomic E-state index is 13.1. The molecule has 2 aromatic rings. The molecule has 0 saturated carbocycles. The summed E-state index contributed by atoms with van der Waals surface area (Å²) in [6, 6.07) is 10.2. The van der Waals surface area contributed by atoms with Crippen LogP contribution in [0, 0.1) is 0 Å². The Labute approximate surface area is 195 Å². The van der Waals surface area contributed by atoms with Gasteiger partial charge in [-0.25, -0.2) is 0 Å². The molecule has 0 aliphatic carbocycles. The normalized spacial score (nSPS) is 11.7. The second kappa shape index (κ2) is 11.6. The lowest BCUT2D eigenvalue weighted by Crippen LogP contribution is -2.49. The smallest absolute Gasteiger partial charge is 0.261 e. The molecule has 2 amide bonds. The summed E-state index contributed by atoms with van der Waals surface area (Å²) < 4.78 is 6.53.